The Kier molecular flexibility index (Phi) is 6.05. The van der Waals surface area contributed by atoms with Gasteiger partial charge < -0.3 is 28.4 Å². The van der Waals surface area contributed by atoms with Gasteiger partial charge in [0, 0.05) is 18.5 Å². The quantitative estimate of drug-likeness (QED) is 0.363. The van der Waals surface area contributed by atoms with E-state index in [1.54, 1.807) is 23.1 Å². The van der Waals surface area contributed by atoms with Crippen molar-refractivity contribution in [2.75, 3.05) is 48.5 Å². The molecule has 0 radical (unpaired) electrons. The van der Waals surface area contributed by atoms with Crippen LogP contribution in [0.3, 0.4) is 0 Å². The summed E-state index contributed by atoms with van der Waals surface area (Å²) < 4.78 is 22.9. The molecule has 0 bridgehead atoms. The van der Waals surface area contributed by atoms with Crippen LogP contribution in [0, 0.1) is 0 Å². The maximum Gasteiger partial charge on any atom is 0.290 e. The van der Waals surface area contributed by atoms with Crippen molar-refractivity contribution in [2.24, 2.45) is 0 Å². The molecule has 2 heterocycles. The number of benzene rings is 3. The van der Waals surface area contributed by atoms with Crippen molar-refractivity contribution in [2.45, 2.75) is 6.04 Å². The van der Waals surface area contributed by atoms with Crippen molar-refractivity contribution in [1.29, 1.82) is 0 Å². The van der Waals surface area contributed by atoms with Crippen LogP contribution in [0.1, 0.15) is 27.7 Å². The first-order valence-electron chi connectivity index (χ1n) is 11.6. The van der Waals surface area contributed by atoms with Gasteiger partial charge in [-0.15, -0.1) is 0 Å². The van der Waals surface area contributed by atoms with Crippen LogP contribution in [0.25, 0.3) is 21.7 Å². The summed E-state index contributed by atoms with van der Waals surface area (Å²) in [4.78, 5) is 31.4. The highest BCUT2D eigenvalue weighted by Gasteiger charge is 2.43. The van der Waals surface area contributed by atoms with E-state index < -0.39 is 6.04 Å². The number of nitrogens with zero attached hydrogens (tertiary/aromatic N) is 2. The maximum absolute atomic E-state index is 14.0. The molecule has 1 aliphatic rings. The predicted octanol–water partition coefficient (Wildman–Crippen LogP) is 4.08. The van der Waals surface area contributed by atoms with Crippen molar-refractivity contribution in [3.8, 4) is 17.2 Å². The molecule has 0 fully saturated rings. The molecular formula is C28H28N2O6. The van der Waals surface area contributed by atoms with Crippen molar-refractivity contribution in [3.63, 3.8) is 0 Å². The maximum atomic E-state index is 14.0. The molecule has 8 heteroatoms. The molecule has 8 nitrogen and oxygen atoms in total. The van der Waals surface area contributed by atoms with E-state index in [0.29, 0.717) is 52.4 Å². The topological polar surface area (TPSA) is 81.5 Å². The van der Waals surface area contributed by atoms with Crippen LogP contribution < -0.4 is 19.6 Å². The molecule has 1 amide bonds. The summed E-state index contributed by atoms with van der Waals surface area (Å²) in [5.74, 6) is 1.07. The number of hydrogen-bond acceptors (Lipinski definition) is 7. The minimum absolute atomic E-state index is 0.0707. The molecule has 0 saturated carbocycles. The van der Waals surface area contributed by atoms with Crippen LogP contribution in [-0.4, -0.2) is 64.2 Å². The number of carbonyl (C=O) groups excluding carboxylic acids is 1. The average Bonchev–Trinajstić information content (AvgIpc) is 3.18. The molecule has 1 atom stereocenters. The van der Waals surface area contributed by atoms with Gasteiger partial charge in [0.1, 0.15) is 5.58 Å². The van der Waals surface area contributed by atoms with E-state index in [1.165, 1.54) is 21.3 Å². The summed E-state index contributed by atoms with van der Waals surface area (Å²) in [5, 5.41) is 2.16. The van der Waals surface area contributed by atoms with Crippen LogP contribution >= 0.6 is 0 Å². The molecule has 0 saturated heterocycles. The Balaban J connectivity index is 1.79. The minimum atomic E-state index is -0.673. The van der Waals surface area contributed by atoms with Gasteiger partial charge in [-0.3, -0.25) is 9.59 Å². The fourth-order valence-electron chi connectivity index (χ4n) is 4.89. The normalized spacial score (nSPS) is 15.1. The fourth-order valence-corrected chi connectivity index (χ4v) is 4.89. The van der Waals surface area contributed by atoms with Gasteiger partial charge in [0.05, 0.1) is 38.3 Å². The van der Waals surface area contributed by atoms with E-state index in [2.05, 4.69) is 0 Å². The van der Waals surface area contributed by atoms with Gasteiger partial charge in [0.2, 0.25) is 11.5 Å². The molecular weight excluding hydrogens is 460 g/mol. The van der Waals surface area contributed by atoms with Crippen molar-refractivity contribution in [1.82, 2.24) is 9.80 Å². The third-order valence-corrected chi connectivity index (χ3v) is 6.65. The van der Waals surface area contributed by atoms with E-state index in [1.807, 2.05) is 49.3 Å². The third kappa shape index (κ3) is 3.65. The number of hydrogen-bond donors (Lipinski definition) is 0. The van der Waals surface area contributed by atoms with E-state index in [0.717, 1.165) is 10.8 Å². The van der Waals surface area contributed by atoms with E-state index >= 15 is 0 Å². The number of carbonyl (C=O) groups is 1. The number of ether oxygens (including phenoxy) is 3. The first-order chi connectivity index (χ1) is 17.4. The van der Waals surface area contributed by atoms with Gasteiger partial charge in [-0.25, -0.2) is 0 Å². The van der Waals surface area contributed by atoms with Crippen LogP contribution in [-0.2, 0) is 0 Å². The summed E-state index contributed by atoms with van der Waals surface area (Å²) in [6.07, 6.45) is 0. The van der Waals surface area contributed by atoms with E-state index in [-0.39, 0.29) is 17.1 Å². The summed E-state index contributed by atoms with van der Waals surface area (Å²) in [6, 6.07) is 14.2. The first kappa shape index (κ1) is 23.7. The zero-order chi connectivity index (χ0) is 25.6. The predicted molar refractivity (Wildman–Crippen MR) is 138 cm³/mol. The molecule has 5 rings (SSSR count). The standard InChI is InChI=1S/C28H28N2O6/c1-29(2)12-13-30-23(17-14-20(33-3)26(35-5)21(15-17)34-4)22-24(31)19-11-10-16-8-6-7-9-18(16)25(19)36-27(22)28(30)32/h6-11,14-15,23H,12-13H2,1-5H3. The average molecular weight is 489 g/mol. The number of likely N-dealkylation sites (N-methyl/N-ethyl adjacent to an activating group) is 1. The van der Waals surface area contributed by atoms with Crippen LogP contribution in [0.2, 0.25) is 0 Å². The van der Waals surface area contributed by atoms with Crippen LogP contribution in [0.5, 0.6) is 17.2 Å². The largest absolute Gasteiger partial charge is 0.493 e. The van der Waals surface area contributed by atoms with Gasteiger partial charge in [-0.05, 0) is 43.2 Å². The minimum Gasteiger partial charge on any atom is -0.493 e. The van der Waals surface area contributed by atoms with Gasteiger partial charge in [-0.2, -0.15) is 0 Å². The SMILES string of the molecule is COc1cc(C2c3c(oc4c(ccc5ccccc54)c3=O)C(=O)N2CCN(C)C)cc(OC)c1OC. The molecule has 1 aromatic heterocycles. The summed E-state index contributed by atoms with van der Waals surface area (Å²) >= 11 is 0. The van der Waals surface area contributed by atoms with Crippen molar-refractivity contribution in [3.05, 3.63) is 75.6 Å². The van der Waals surface area contributed by atoms with Crippen LogP contribution in [0.15, 0.2) is 57.7 Å². The number of methoxy groups -OCH3 is 3. The molecule has 4 aromatic rings. The Morgan fingerprint density at radius 2 is 1.61 bits per heavy atom. The smallest absolute Gasteiger partial charge is 0.290 e. The Morgan fingerprint density at radius 3 is 2.25 bits per heavy atom. The molecule has 1 aliphatic heterocycles. The van der Waals surface area contributed by atoms with Crippen LogP contribution in [0.4, 0.5) is 0 Å². The highest BCUT2D eigenvalue weighted by molar-refractivity contribution is 6.06. The summed E-state index contributed by atoms with van der Waals surface area (Å²) in [6.45, 7) is 1.01. The zero-order valence-corrected chi connectivity index (χ0v) is 21.0. The highest BCUT2D eigenvalue weighted by atomic mass is 16.5. The third-order valence-electron chi connectivity index (χ3n) is 6.65. The lowest BCUT2D eigenvalue weighted by Crippen LogP contribution is -2.35. The second-order valence-corrected chi connectivity index (χ2v) is 9.00. The molecule has 1 unspecified atom stereocenters. The number of rotatable bonds is 7. The molecule has 3 aromatic carbocycles. The van der Waals surface area contributed by atoms with Gasteiger partial charge in [-0.1, -0.05) is 30.3 Å². The second-order valence-electron chi connectivity index (χ2n) is 9.00. The molecule has 36 heavy (non-hydrogen) atoms. The van der Waals surface area contributed by atoms with Gasteiger partial charge in [0.25, 0.3) is 5.91 Å². The molecule has 0 N–H and O–H groups in total. The van der Waals surface area contributed by atoms with Crippen molar-refractivity contribution < 1.29 is 23.4 Å². The van der Waals surface area contributed by atoms with Gasteiger partial charge >= 0.3 is 0 Å². The summed E-state index contributed by atoms with van der Waals surface area (Å²) in [5.41, 5.74) is 1.18. The number of amides is 1. The van der Waals surface area contributed by atoms with E-state index in [4.69, 9.17) is 18.6 Å². The molecule has 0 spiro atoms. The van der Waals surface area contributed by atoms with Gasteiger partial charge in [0.15, 0.2) is 16.9 Å². The lowest BCUT2D eigenvalue weighted by molar-refractivity contribution is 0.0716. The fraction of sp³-hybridized carbons (Fsp3) is 0.286. The van der Waals surface area contributed by atoms with E-state index in [9.17, 15) is 9.59 Å². The Bertz CT molecular complexity index is 1520. The molecule has 186 valence electrons. The Morgan fingerprint density at radius 1 is 0.917 bits per heavy atom. The lowest BCUT2D eigenvalue weighted by atomic mass is 9.97. The van der Waals surface area contributed by atoms with Crippen molar-refractivity contribution >= 4 is 27.6 Å². The monoisotopic (exact) mass is 488 g/mol. The molecule has 0 aliphatic carbocycles. The zero-order valence-electron chi connectivity index (χ0n) is 21.0. The highest BCUT2D eigenvalue weighted by Crippen LogP contribution is 2.45. The lowest BCUT2D eigenvalue weighted by Gasteiger charge is -2.27. The first-order valence-corrected chi connectivity index (χ1v) is 11.6. The Hall–Kier alpha value is -4.04. The summed E-state index contributed by atoms with van der Waals surface area (Å²) in [7, 11) is 8.47. The number of fused-ring (bicyclic) bond motifs is 4. The second kappa shape index (κ2) is 9.20. The Labute approximate surface area is 208 Å².